The van der Waals surface area contributed by atoms with Gasteiger partial charge in [0.1, 0.15) is 12.0 Å². The number of aromatic nitrogens is 1. The Labute approximate surface area is 112 Å². The molecule has 0 amide bonds. The monoisotopic (exact) mass is 249 g/mol. The molecule has 0 saturated heterocycles. The van der Waals surface area contributed by atoms with E-state index in [4.69, 9.17) is 0 Å². The molecule has 3 rings (SSSR count). The van der Waals surface area contributed by atoms with Crippen LogP contribution in [0.5, 0.6) is 0 Å². The van der Waals surface area contributed by atoms with Crippen molar-refractivity contribution in [2.45, 2.75) is 6.17 Å². The first-order chi connectivity index (χ1) is 9.42. The second-order valence-electron chi connectivity index (χ2n) is 4.33. The maximum Gasteiger partial charge on any atom is 0.128 e. The van der Waals surface area contributed by atoms with Gasteiger partial charge in [-0.3, -0.25) is 0 Å². The topological polar surface area (TPSA) is 37.0 Å². The third kappa shape index (κ3) is 2.83. The van der Waals surface area contributed by atoms with Crippen molar-refractivity contribution in [3.63, 3.8) is 0 Å². The Bertz CT molecular complexity index is 602. The summed E-state index contributed by atoms with van der Waals surface area (Å²) >= 11 is 0. The molecule has 0 radical (unpaired) electrons. The number of allylic oxidation sites excluding steroid dienone is 2. The first-order valence-corrected chi connectivity index (χ1v) is 6.29. The van der Waals surface area contributed by atoms with Crippen LogP contribution < -0.4 is 10.6 Å². The van der Waals surface area contributed by atoms with E-state index in [2.05, 4.69) is 39.9 Å². The zero-order valence-electron chi connectivity index (χ0n) is 10.5. The standard InChI is InChI=1S/C16H15N3/c1-2-6-13(7-3-1)14-9-11-18-16(12-14)19-15-8-4-5-10-17-15/h1-12,15,17H,(H,18,19). The summed E-state index contributed by atoms with van der Waals surface area (Å²) in [6.07, 6.45) is 9.85. The molecule has 0 fully saturated rings. The molecular weight excluding hydrogens is 234 g/mol. The van der Waals surface area contributed by atoms with Gasteiger partial charge in [-0.25, -0.2) is 4.98 Å². The van der Waals surface area contributed by atoms with E-state index in [1.54, 1.807) is 0 Å². The normalized spacial score (nSPS) is 16.9. The minimum atomic E-state index is 0.0866. The molecule has 1 unspecified atom stereocenters. The van der Waals surface area contributed by atoms with Crippen molar-refractivity contribution in [1.82, 2.24) is 10.3 Å². The van der Waals surface area contributed by atoms with Crippen LogP contribution in [0.15, 0.2) is 73.1 Å². The fraction of sp³-hybridized carbons (Fsp3) is 0.0625. The fourth-order valence-corrected chi connectivity index (χ4v) is 2.01. The van der Waals surface area contributed by atoms with Gasteiger partial charge in [0.05, 0.1) is 0 Å². The van der Waals surface area contributed by atoms with E-state index in [0.29, 0.717) is 0 Å². The quantitative estimate of drug-likeness (QED) is 0.877. The Hall–Kier alpha value is -2.55. The smallest absolute Gasteiger partial charge is 0.128 e. The number of dihydropyridines is 1. The first-order valence-electron chi connectivity index (χ1n) is 6.29. The fourth-order valence-electron chi connectivity index (χ4n) is 2.01. The molecule has 0 saturated carbocycles. The first kappa shape index (κ1) is 11.5. The number of pyridine rings is 1. The Morgan fingerprint density at radius 3 is 2.68 bits per heavy atom. The predicted octanol–water partition coefficient (Wildman–Crippen LogP) is 3.16. The van der Waals surface area contributed by atoms with Crippen molar-refractivity contribution in [2.24, 2.45) is 0 Å². The number of nitrogens with zero attached hydrogens (tertiary/aromatic N) is 1. The molecule has 1 aliphatic rings. The van der Waals surface area contributed by atoms with E-state index >= 15 is 0 Å². The highest BCUT2D eigenvalue weighted by Gasteiger charge is 2.05. The van der Waals surface area contributed by atoms with Crippen LogP contribution in [-0.2, 0) is 0 Å². The maximum atomic E-state index is 4.35. The summed E-state index contributed by atoms with van der Waals surface area (Å²) in [4.78, 5) is 4.35. The number of benzene rings is 1. The molecule has 2 heterocycles. The number of hydrogen-bond acceptors (Lipinski definition) is 3. The predicted molar refractivity (Wildman–Crippen MR) is 78.5 cm³/mol. The highest BCUT2D eigenvalue weighted by Crippen LogP contribution is 2.20. The molecule has 1 aromatic heterocycles. The molecular formula is C16H15N3. The number of hydrogen-bond donors (Lipinski definition) is 2. The molecule has 1 aromatic carbocycles. The van der Waals surface area contributed by atoms with Crippen molar-refractivity contribution in [1.29, 1.82) is 0 Å². The number of nitrogens with one attached hydrogen (secondary N) is 2. The van der Waals surface area contributed by atoms with Crippen LogP contribution in [0, 0.1) is 0 Å². The summed E-state index contributed by atoms with van der Waals surface area (Å²) in [6, 6.07) is 14.4. The zero-order valence-corrected chi connectivity index (χ0v) is 10.5. The molecule has 0 bridgehead atoms. The van der Waals surface area contributed by atoms with Crippen LogP contribution in [0.2, 0.25) is 0 Å². The Morgan fingerprint density at radius 2 is 1.89 bits per heavy atom. The Kier molecular flexibility index (Phi) is 3.28. The average molecular weight is 249 g/mol. The van der Waals surface area contributed by atoms with Gasteiger partial charge in [-0.2, -0.15) is 0 Å². The van der Waals surface area contributed by atoms with E-state index in [0.717, 1.165) is 11.4 Å². The van der Waals surface area contributed by atoms with Crippen LogP contribution >= 0.6 is 0 Å². The largest absolute Gasteiger partial charge is 0.368 e. The maximum absolute atomic E-state index is 4.35. The Balaban J connectivity index is 1.80. The lowest BCUT2D eigenvalue weighted by Gasteiger charge is -2.18. The van der Waals surface area contributed by atoms with Gasteiger partial charge in [0.25, 0.3) is 0 Å². The van der Waals surface area contributed by atoms with Crippen molar-refractivity contribution < 1.29 is 0 Å². The van der Waals surface area contributed by atoms with E-state index < -0.39 is 0 Å². The lowest BCUT2D eigenvalue weighted by Crippen LogP contribution is -2.32. The lowest BCUT2D eigenvalue weighted by atomic mass is 10.1. The van der Waals surface area contributed by atoms with Crippen molar-refractivity contribution >= 4 is 5.82 Å². The summed E-state index contributed by atoms with van der Waals surface area (Å²) in [5, 5.41) is 6.54. The average Bonchev–Trinajstić information content (AvgIpc) is 2.49. The second kappa shape index (κ2) is 5.40. The van der Waals surface area contributed by atoms with Gasteiger partial charge in [0.2, 0.25) is 0 Å². The molecule has 1 atom stereocenters. The van der Waals surface area contributed by atoms with Crippen LogP contribution in [0.3, 0.4) is 0 Å². The summed E-state index contributed by atoms with van der Waals surface area (Å²) in [5.74, 6) is 0.860. The van der Waals surface area contributed by atoms with E-state index in [1.807, 2.05) is 48.8 Å². The summed E-state index contributed by atoms with van der Waals surface area (Å²) in [7, 11) is 0. The second-order valence-corrected chi connectivity index (χ2v) is 4.33. The number of anilines is 1. The molecule has 19 heavy (non-hydrogen) atoms. The molecule has 1 aliphatic heterocycles. The SMILES string of the molecule is C1=CNC(Nc2cc(-c3ccccc3)ccn2)C=C1. The molecule has 2 N–H and O–H groups in total. The van der Waals surface area contributed by atoms with Gasteiger partial charge in [-0.05, 0) is 41.6 Å². The van der Waals surface area contributed by atoms with Gasteiger partial charge >= 0.3 is 0 Å². The van der Waals surface area contributed by atoms with Gasteiger partial charge in [0, 0.05) is 6.20 Å². The highest BCUT2D eigenvalue weighted by atomic mass is 15.1. The van der Waals surface area contributed by atoms with E-state index in [-0.39, 0.29) is 6.17 Å². The highest BCUT2D eigenvalue weighted by molar-refractivity contribution is 5.66. The lowest BCUT2D eigenvalue weighted by molar-refractivity contribution is 0.771. The van der Waals surface area contributed by atoms with E-state index in [1.165, 1.54) is 5.56 Å². The van der Waals surface area contributed by atoms with Gasteiger partial charge in [0.15, 0.2) is 0 Å². The van der Waals surface area contributed by atoms with Crippen LogP contribution in [0.25, 0.3) is 11.1 Å². The third-order valence-corrected chi connectivity index (χ3v) is 2.96. The Morgan fingerprint density at radius 1 is 1.00 bits per heavy atom. The number of rotatable bonds is 3. The van der Waals surface area contributed by atoms with E-state index in [9.17, 15) is 0 Å². The molecule has 3 heteroatoms. The van der Waals surface area contributed by atoms with Crippen LogP contribution in [0.1, 0.15) is 0 Å². The van der Waals surface area contributed by atoms with Gasteiger partial charge < -0.3 is 10.6 Å². The van der Waals surface area contributed by atoms with Crippen molar-refractivity contribution in [2.75, 3.05) is 5.32 Å². The third-order valence-electron chi connectivity index (χ3n) is 2.96. The molecule has 0 spiro atoms. The van der Waals surface area contributed by atoms with Crippen molar-refractivity contribution in [3.05, 3.63) is 73.1 Å². The molecule has 2 aromatic rings. The zero-order chi connectivity index (χ0) is 12.9. The van der Waals surface area contributed by atoms with Gasteiger partial charge in [-0.15, -0.1) is 0 Å². The molecule has 3 nitrogen and oxygen atoms in total. The minimum absolute atomic E-state index is 0.0866. The summed E-state index contributed by atoms with van der Waals surface area (Å²) in [6.45, 7) is 0. The summed E-state index contributed by atoms with van der Waals surface area (Å²) in [5.41, 5.74) is 2.36. The van der Waals surface area contributed by atoms with Crippen LogP contribution in [-0.4, -0.2) is 11.1 Å². The molecule has 0 aliphatic carbocycles. The summed E-state index contributed by atoms with van der Waals surface area (Å²) < 4.78 is 0. The van der Waals surface area contributed by atoms with Gasteiger partial charge in [-0.1, -0.05) is 36.4 Å². The van der Waals surface area contributed by atoms with Crippen molar-refractivity contribution in [3.8, 4) is 11.1 Å². The molecule has 94 valence electrons. The van der Waals surface area contributed by atoms with Crippen LogP contribution in [0.4, 0.5) is 5.82 Å². The minimum Gasteiger partial charge on any atom is -0.368 e.